The monoisotopic (exact) mass is 362 g/mol. The Balaban J connectivity index is 1.51. The molecule has 0 bridgehead atoms. The van der Waals surface area contributed by atoms with E-state index in [0.717, 1.165) is 31.8 Å². The number of nitrogens with zero attached hydrogens (tertiary/aromatic N) is 4. The maximum atomic E-state index is 12.8. The molecule has 1 atom stereocenters. The van der Waals surface area contributed by atoms with Crippen molar-refractivity contribution in [3.63, 3.8) is 0 Å². The number of hydrogen-bond acceptors (Lipinski definition) is 4. The van der Waals surface area contributed by atoms with Crippen LogP contribution in [-0.4, -0.2) is 43.5 Å². The fraction of sp³-hybridized carbons (Fsp3) is 0.286. The first-order chi connectivity index (χ1) is 13.2. The van der Waals surface area contributed by atoms with E-state index in [1.54, 1.807) is 30.6 Å². The number of likely N-dealkylation sites (tertiary alicyclic amines) is 1. The van der Waals surface area contributed by atoms with Gasteiger partial charge in [-0.05, 0) is 48.7 Å². The molecule has 1 saturated heterocycles. The average Bonchev–Trinajstić information content (AvgIpc) is 3.16. The minimum absolute atomic E-state index is 0.0390. The highest BCUT2D eigenvalue weighted by Gasteiger charge is 2.28. The molecule has 1 fully saturated rings. The van der Waals surface area contributed by atoms with Gasteiger partial charge in [-0.1, -0.05) is 6.07 Å². The molecule has 0 radical (unpaired) electrons. The zero-order valence-corrected chi connectivity index (χ0v) is 15.0. The summed E-state index contributed by atoms with van der Waals surface area (Å²) in [5.74, 6) is 1.29. The second-order valence-electron chi connectivity index (χ2n) is 6.91. The Morgan fingerprint density at radius 1 is 1.19 bits per heavy atom. The molecule has 6 nitrogen and oxygen atoms in total. The number of amides is 1. The molecule has 6 heteroatoms. The molecule has 3 heterocycles. The van der Waals surface area contributed by atoms with Gasteiger partial charge in [0.25, 0.3) is 5.91 Å². The van der Waals surface area contributed by atoms with Crippen molar-refractivity contribution in [3.8, 4) is 5.75 Å². The van der Waals surface area contributed by atoms with Crippen LogP contribution in [0.2, 0.25) is 0 Å². The Hall–Kier alpha value is -3.15. The van der Waals surface area contributed by atoms with Crippen LogP contribution < -0.4 is 0 Å². The number of carbonyl (C=O) groups is 1. The zero-order valence-electron chi connectivity index (χ0n) is 15.0. The first-order valence-electron chi connectivity index (χ1n) is 9.19. The Bertz CT molecular complexity index is 923. The average molecular weight is 362 g/mol. The molecule has 4 rings (SSSR count). The summed E-state index contributed by atoms with van der Waals surface area (Å²) in [7, 11) is 0. The third-order valence-corrected chi connectivity index (χ3v) is 5.02. The number of aromatic hydroxyl groups is 1. The molecule has 1 amide bonds. The second-order valence-corrected chi connectivity index (χ2v) is 6.91. The molecular weight excluding hydrogens is 340 g/mol. The Morgan fingerprint density at radius 3 is 2.85 bits per heavy atom. The fourth-order valence-corrected chi connectivity index (χ4v) is 3.69. The molecule has 1 aliphatic heterocycles. The number of imidazole rings is 1. The largest absolute Gasteiger partial charge is 0.508 e. The van der Waals surface area contributed by atoms with Gasteiger partial charge in [0.1, 0.15) is 11.6 Å². The standard InChI is InChI=1S/C21H22N4O2/c26-19-5-1-3-17(13-19)21(27)25-11-2-4-18(15-25)20-23-10-12-24(20)14-16-6-8-22-9-7-16/h1,3,5-10,12-13,18,26H,2,4,11,14-15H2/t18-/m1/s1. The van der Waals surface area contributed by atoms with E-state index in [4.69, 9.17) is 0 Å². The third kappa shape index (κ3) is 3.84. The number of pyridine rings is 1. The lowest BCUT2D eigenvalue weighted by Gasteiger charge is -2.32. The van der Waals surface area contributed by atoms with Crippen molar-refractivity contribution in [2.45, 2.75) is 25.3 Å². The predicted octanol–water partition coefficient (Wildman–Crippen LogP) is 3.05. The maximum absolute atomic E-state index is 12.8. The maximum Gasteiger partial charge on any atom is 0.254 e. The second kappa shape index (κ2) is 7.61. The van der Waals surface area contributed by atoms with Crippen LogP contribution in [0.3, 0.4) is 0 Å². The number of phenolic OH excluding ortho intramolecular Hbond substituents is 1. The number of hydrogen-bond donors (Lipinski definition) is 1. The van der Waals surface area contributed by atoms with Crippen molar-refractivity contribution < 1.29 is 9.90 Å². The van der Waals surface area contributed by atoms with E-state index < -0.39 is 0 Å². The van der Waals surface area contributed by atoms with E-state index in [-0.39, 0.29) is 17.6 Å². The summed E-state index contributed by atoms with van der Waals surface area (Å²) < 4.78 is 2.16. The van der Waals surface area contributed by atoms with Crippen molar-refractivity contribution in [1.82, 2.24) is 19.4 Å². The van der Waals surface area contributed by atoms with Crippen LogP contribution in [-0.2, 0) is 6.54 Å². The van der Waals surface area contributed by atoms with Gasteiger partial charge in [-0.15, -0.1) is 0 Å². The quantitative estimate of drug-likeness (QED) is 0.774. The van der Waals surface area contributed by atoms with Crippen LogP contribution in [0, 0.1) is 0 Å². The molecule has 0 aliphatic carbocycles. The first-order valence-corrected chi connectivity index (χ1v) is 9.19. The van der Waals surface area contributed by atoms with Gasteiger partial charge in [0.05, 0.1) is 0 Å². The van der Waals surface area contributed by atoms with E-state index in [1.807, 2.05) is 29.4 Å². The van der Waals surface area contributed by atoms with E-state index in [1.165, 1.54) is 11.6 Å². The number of benzene rings is 1. The van der Waals surface area contributed by atoms with Gasteiger partial charge in [0.15, 0.2) is 0 Å². The van der Waals surface area contributed by atoms with Gasteiger partial charge >= 0.3 is 0 Å². The molecule has 1 aliphatic rings. The Morgan fingerprint density at radius 2 is 2.04 bits per heavy atom. The molecule has 138 valence electrons. The fourth-order valence-electron chi connectivity index (χ4n) is 3.69. The Labute approximate surface area is 158 Å². The highest BCUT2D eigenvalue weighted by atomic mass is 16.3. The van der Waals surface area contributed by atoms with Gasteiger partial charge in [0, 0.05) is 55.9 Å². The molecule has 27 heavy (non-hydrogen) atoms. The third-order valence-electron chi connectivity index (χ3n) is 5.02. The number of phenols is 1. The Kier molecular flexibility index (Phi) is 4.87. The molecule has 2 aromatic heterocycles. The van der Waals surface area contributed by atoms with Gasteiger partial charge in [-0.3, -0.25) is 9.78 Å². The molecule has 0 unspecified atom stereocenters. The van der Waals surface area contributed by atoms with Crippen LogP contribution in [0.4, 0.5) is 0 Å². The summed E-state index contributed by atoms with van der Waals surface area (Å²) in [6.45, 7) is 2.12. The number of aromatic nitrogens is 3. The van der Waals surface area contributed by atoms with E-state index in [9.17, 15) is 9.90 Å². The smallest absolute Gasteiger partial charge is 0.254 e. The molecule has 0 spiro atoms. The van der Waals surface area contributed by atoms with Gasteiger partial charge in [0.2, 0.25) is 0 Å². The molecule has 0 saturated carbocycles. The van der Waals surface area contributed by atoms with E-state index in [0.29, 0.717) is 12.1 Å². The molecule has 1 N–H and O–H groups in total. The van der Waals surface area contributed by atoms with Crippen LogP contribution in [0.5, 0.6) is 5.75 Å². The van der Waals surface area contributed by atoms with Crippen LogP contribution >= 0.6 is 0 Å². The van der Waals surface area contributed by atoms with Crippen molar-refractivity contribution >= 4 is 5.91 Å². The molecule has 3 aromatic rings. The predicted molar refractivity (Wildman–Crippen MR) is 102 cm³/mol. The van der Waals surface area contributed by atoms with Gasteiger partial charge in [-0.25, -0.2) is 4.98 Å². The van der Waals surface area contributed by atoms with Crippen molar-refractivity contribution in [3.05, 3.63) is 78.1 Å². The van der Waals surface area contributed by atoms with Gasteiger partial charge in [-0.2, -0.15) is 0 Å². The summed E-state index contributed by atoms with van der Waals surface area (Å²) in [5, 5.41) is 9.65. The summed E-state index contributed by atoms with van der Waals surface area (Å²) in [5.41, 5.74) is 1.70. The summed E-state index contributed by atoms with van der Waals surface area (Å²) in [6, 6.07) is 10.5. The molecule has 1 aromatic carbocycles. The lowest BCUT2D eigenvalue weighted by atomic mass is 9.96. The lowest BCUT2D eigenvalue weighted by Crippen LogP contribution is -2.39. The van der Waals surface area contributed by atoms with Crippen molar-refractivity contribution in [1.29, 1.82) is 0 Å². The number of rotatable bonds is 4. The van der Waals surface area contributed by atoms with E-state index in [2.05, 4.69) is 14.5 Å². The minimum atomic E-state index is -0.0390. The summed E-state index contributed by atoms with van der Waals surface area (Å²) in [6.07, 6.45) is 9.36. The summed E-state index contributed by atoms with van der Waals surface area (Å²) >= 11 is 0. The zero-order chi connectivity index (χ0) is 18.6. The number of carbonyl (C=O) groups excluding carboxylic acids is 1. The molecular formula is C21H22N4O2. The highest BCUT2D eigenvalue weighted by molar-refractivity contribution is 5.94. The van der Waals surface area contributed by atoms with Crippen LogP contribution in [0.1, 0.15) is 40.5 Å². The van der Waals surface area contributed by atoms with Crippen LogP contribution in [0.25, 0.3) is 0 Å². The lowest BCUT2D eigenvalue weighted by molar-refractivity contribution is 0.0703. The normalized spacial score (nSPS) is 17.0. The van der Waals surface area contributed by atoms with E-state index >= 15 is 0 Å². The topological polar surface area (TPSA) is 71.2 Å². The first kappa shape index (κ1) is 17.3. The highest BCUT2D eigenvalue weighted by Crippen LogP contribution is 2.27. The van der Waals surface area contributed by atoms with Crippen LogP contribution in [0.15, 0.2) is 61.2 Å². The minimum Gasteiger partial charge on any atom is -0.508 e. The number of piperidine rings is 1. The van der Waals surface area contributed by atoms with Crippen molar-refractivity contribution in [2.24, 2.45) is 0 Å². The SMILES string of the molecule is O=C(c1cccc(O)c1)N1CCC[C@@H](c2nccn2Cc2ccncc2)C1. The van der Waals surface area contributed by atoms with Crippen molar-refractivity contribution in [2.75, 3.05) is 13.1 Å². The summed E-state index contributed by atoms with van der Waals surface area (Å²) in [4.78, 5) is 23.3. The van der Waals surface area contributed by atoms with Gasteiger partial charge < -0.3 is 14.6 Å².